The Morgan fingerprint density at radius 3 is 2.55 bits per heavy atom. The van der Waals surface area contributed by atoms with Crippen LogP contribution in [0.3, 0.4) is 0 Å². The molecule has 2 aliphatic carbocycles. The molecule has 2 aliphatic heterocycles. The van der Waals surface area contributed by atoms with Crippen molar-refractivity contribution in [1.82, 2.24) is 10.6 Å². The van der Waals surface area contributed by atoms with Gasteiger partial charge in [-0.2, -0.15) is 0 Å². The van der Waals surface area contributed by atoms with Crippen LogP contribution >= 0.6 is 0 Å². The standard InChI is InChI=1S/C34H30N4/c1-2-10-23(11-3-1)32-36-33(26-14-8-13-24(20-26)27-15-9-19-35-22-27)38-34(37-32)31-21-25-12-4-5-16-28(25)29-17-6-7-18-30(29)31/h1-10,12-20,23,31,34-35H,11,21-22H2,(H,36,37,38)/t23?,31-,34?/m1/s1. The Morgan fingerprint density at radius 1 is 0.816 bits per heavy atom. The van der Waals surface area contributed by atoms with Gasteiger partial charge in [-0.05, 0) is 64.6 Å². The van der Waals surface area contributed by atoms with Crippen molar-refractivity contribution in [2.24, 2.45) is 15.9 Å². The lowest BCUT2D eigenvalue weighted by atomic mass is 9.77. The van der Waals surface area contributed by atoms with Crippen LogP contribution in [-0.2, 0) is 6.42 Å². The molecule has 0 saturated heterocycles. The van der Waals surface area contributed by atoms with Crippen molar-refractivity contribution in [3.63, 3.8) is 0 Å². The number of hydrogen-bond acceptors (Lipinski definition) is 4. The third kappa shape index (κ3) is 4.22. The van der Waals surface area contributed by atoms with Gasteiger partial charge in [0.2, 0.25) is 0 Å². The minimum absolute atomic E-state index is 0.103. The highest BCUT2D eigenvalue weighted by Gasteiger charge is 2.34. The average molecular weight is 495 g/mol. The van der Waals surface area contributed by atoms with E-state index in [-0.39, 0.29) is 18.0 Å². The van der Waals surface area contributed by atoms with Crippen LogP contribution in [0.15, 0.2) is 125 Å². The van der Waals surface area contributed by atoms with Crippen molar-refractivity contribution in [1.29, 1.82) is 0 Å². The molecule has 3 aromatic rings. The van der Waals surface area contributed by atoms with Crippen molar-refractivity contribution in [2.45, 2.75) is 24.9 Å². The van der Waals surface area contributed by atoms with E-state index in [1.165, 1.54) is 33.4 Å². The third-order valence-corrected chi connectivity index (χ3v) is 7.89. The lowest BCUT2D eigenvalue weighted by Crippen LogP contribution is -2.44. The fourth-order valence-corrected chi connectivity index (χ4v) is 5.96. The quantitative estimate of drug-likeness (QED) is 0.441. The van der Waals surface area contributed by atoms with Crippen LogP contribution in [-0.4, -0.2) is 24.4 Å². The van der Waals surface area contributed by atoms with Gasteiger partial charge in [0.05, 0.1) is 0 Å². The fraction of sp³-hybridized carbons (Fsp3) is 0.176. The minimum atomic E-state index is -0.103. The smallest absolute Gasteiger partial charge is 0.137 e. The normalized spacial score (nSPS) is 23.3. The molecule has 0 fully saturated rings. The number of hydrogen-bond donors (Lipinski definition) is 2. The Morgan fingerprint density at radius 2 is 1.68 bits per heavy atom. The summed E-state index contributed by atoms with van der Waals surface area (Å²) in [5, 5.41) is 7.10. The number of rotatable bonds is 4. The van der Waals surface area contributed by atoms with Crippen molar-refractivity contribution in [2.75, 3.05) is 6.54 Å². The number of nitrogens with zero attached hydrogens (tertiary/aromatic N) is 2. The summed E-state index contributed by atoms with van der Waals surface area (Å²) in [5.41, 5.74) is 8.96. The Balaban J connectivity index is 1.29. The van der Waals surface area contributed by atoms with E-state index >= 15 is 0 Å². The number of nitrogens with one attached hydrogen (secondary N) is 2. The second-order valence-corrected chi connectivity index (χ2v) is 10.3. The molecule has 2 unspecified atom stereocenters. The van der Waals surface area contributed by atoms with E-state index in [4.69, 9.17) is 9.98 Å². The van der Waals surface area contributed by atoms with Gasteiger partial charge in [-0.25, -0.2) is 9.98 Å². The topological polar surface area (TPSA) is 48.8 Å². The number of dihydropyridines is 1. The molecule has 0 saturated carbocycles. The van der Waals surface area contributed by atoms with E-state index in [1.807, 2.05) is 6.20 Å². The minimum Gasteiger partial charge on any atom is -0.387 e. The molecule has 0 amide bonds. The molecule has 186 valence electrons. The van der Waals surface area contributed by atoms with E-state index in [0.717, 1.165) is 36.6 Å². The molecule has 0 bridgehead atoms. The molecule has 0 aromatic heterocycles. The fourth-order valence-electron chi connectivity index (χ4n) is 5.96. The summed E-state index contributed by atoms with van der Waals surface area (Å²) in [6, 6.07) is 26.3. The van der Waals surface area contributed by atoms with Crippen LogP contribution in [0.1, 0.15) is 34.6 Å². The van der Waals surface area contributed by atoms with E-state index in [2.05, 4.69) is 120 Å². The molecule has 2 N–H and O–H groups in total. The van der Waals surface area contributed by atoms with E-state index in [0.29, 0.717) is 0 Å². The molecule has 4 aliphatic rings. The molecular weight excluding hydrogens is 464 g/mol. The van der Waals surface area contributed by atoms with Gasteiger partial charge in [-0.3, -0.25) is 0 Å². The second kappa shape index (κ2) is 9.79. The third-order valence-electron chi connectivity index (χ3n) is 7.89. The summed E-state index contributed by atoms with van der Waals surface area (Å²) in [6.45, 7) is 0.826. The summed E-state index contributed by atoms with van der Waals surface area (Å²) in [6.07, 6.45) is 16.7. The van der Waals surface area contributed by atoms with Crippen LogP contribution in [0.4, 0.5) is 0 Å². The first-order chi connectivity index (χ1) is 18.8. The van der Waals surface area contributed by atoms with Crippen LogP contribution in [0.25, 0.3) is 16.7 Å². The SMILES string of the molecule is C1=CCC(C2=NC([C@@H]3Cc4ccccc4-c4ccccc43)NC(c3cccc(C4=CC=CNC4)c3)=N2)C=C1. The van der Waals surface area contributed by atoms with Crippen LogP contribution in [0, 0.1) is 5.92 Å². The molecule has 4 nitrogen and oxygen atoms in total. The Labute approximate surface area is 223 Å². The Hall–Kier alpha value is -4.44. The van der Waals surface area contributed by atoms with Gasteiger partial charge in [-0.1, -0.05) is 97.1 Å². The second-order valence-electron chi connectivity index (χ2n) is 10.3. The average Bonchev–Trinajstić information content (AvgIpc) is 3.01. The molecule has 3 aromatic carbocycles. The highest BCUT2D eigenvalue weighted by Crippen LogP contribution is 2.42. The summed E-state index contributed by atoms with van der Waals surface area (Å²) >= 11 is 0. The molecule has 2 heterocycles. The number of fused-ring (bicyclic) bond motifs is 3. The molecule has 3 atom stereocenters. The van der Waals surface area contributed by atoms with Gasteiger partial charge >= 0.3 is 0 Å². The zero-order valence-electron chi connectivity index (χ0n) is 21.2. The number of benzene rings is 3. The lowest BCUT2D eigenvalue weighted by molar-refractivity contribution is 0.493. The predicted octanol–water partition coefficient (Wildman–Crippen LogP) is 6.40. The molecule has 4 heteroatoms. The molecule has 0 radical (unpaired) electrons. The monoisotopic (exact) mass is 494 g/mol. The highest BCUT2D eigenvalue weighted by atomic mass is 15.2. The van der Waals surface area contributed by atoms with Gasteiger partial charge in [0.15, 0.2) is 0 Å². The largest absolute Gasteiger partial charge is 0.387 e. The van der Waals surface area contributed by atoms with Crippen molar-refractivity contribution >= 4 is 17.2 Å². The zero-order chi connectivity index (χ0) is 25.3. The van der Waals surface area contributed by atoms with Gasteiger partial charge < -0.3 is 10.6 Å². The maximum Gasteiger partial charge on any atom is 0.137 e. The summed E-state index contributed by atoms with van der Waals surface area (Å²) in [5.74, 6) is 2.21. The van der Waals surface area contributed by atoms with Gasteiger partial charge in [0.25, 0.3) is 0 Å². The first-order valence-corrected chi connectivity index (χ1v) is 13.5. The van der Waals surface area contributed by atoms with Crippen LogP contribution < -0.4 is 10.6 Å². The van der Waals surface area contributed by atoms with Gasteiger partial charge in [0.1, 0.15) is 17.8 Å². The van der Waals surface area contributed by atoms with Gasteiger partial charge in [0, 0.05) is 23.9 Å². The van der Waals surface area contributed by atoms with Crippen LogP contribution in [0.2, 0.25) is 0 Å². The first-order valence-electron chi connectivity index (χ1n) is 13.5. The maximum absolute atomic E-state index is 5.29. The van der Waals surface area contributed by atoms with Gasteiger partial charge in [-0.15, -0.1) is 0 Å². The molecule has 38 heavy (non-hydrogen) atoms. The summed E-state index contributed by atoms with van der Waals surface area (Å²) in [4.78, 5) is 10.4. The summed E-state index contributed by atoms with van der Waals surface area (Å²) < 4.78 is 0. The Bertz CT molecular complexity index is 1570. The number of allylic oxidation sites excluding steroid dienone is 5. The van der Waals surface area contributed by atoms with E-state index < -0.39 is 0 Å². The lowest BCUT2D eigenvalue weighted by Gasteiger charge is -2.35. The first kappa shape index (κ1) is 22.7. The molecule has 7 rings (SSSR count). The van der Waals surface area contributed by atoms with Crippen molar-refractivity contribution in [3.8, 4) is 11.1 Å². The zero-order valence-corrected chi connectivity index (χ0v) is 21.2. The maximum atomic E-state index is 5.29. The molecular formula is C34H30N4. The predicted molar refractivity (Wildman–Crippen MR) is 157 cm³/mol. The Kier molecular flexibility index (Phi) is 5.86. The molecule has 0 spiro atoms. The van der Waals surface area contributed by atoms with E-state index in [1.54, 1.807) is 0 Å². The number of aliphatic imine (C=N–C) groups is 2. The number of amidine groups is 2. The van der Waals surface area contributed by atoms with E-state index in [9.17, 15) is 0 Å². The highest BCUT2D eigenvalue weighted by molar-refractivity contribution is 6.09. The summed E-state index contributed by atoms with van der Waals surface area (Å²) in [7, 11) is 0. The van der Waals surface area contributed by atoms with Crippen molar-refractivity contribution in [3.05, 3.63) is 138 Å². The van der Waals surface area contributed by atoms with Crippen molar-refractivity contribution < 1.29 is 0 Å². The van der Waals surface area contributed by atoms with Crippen LogP contribution in [0.5, 0.6) is 0 Å².